The molecule has 0 radical (unpaired) electrons. The fourth-order valence-corrected chi connectivity index (χ4v) is 2.96. The van der Waals surface area contributed by atoms with Gasteiger partial charge >= 0.3 is 0 Å². The Labute approximate surface area is 139 Å². The van der Waals surface area contributed by atoms with Gasteiger partial charge in [0, 0.05) is 31.3 Å². The zero-order valence-electron chi connectivity index (χ0n) is 13.7. The number of nitrogens with zero attached hydrogens (tertiary/aromatic N) is 3. The number of carbonyl (C=O) groups excluding carboxylic acids is 1. The molecule has 2 aromatic rings. The van der Waals surface area contributed by atoms with Crippen molar-refractivity contribution in [1.82, 2.24) is 20.0 Å². The standard InChI is InChI=1S/C17H20N4O3/c1-20-9-10-21(17(23)13-7-8-16(22)19-18-13)11-14(20)12-5-3-4-6-15(12)24-2/h3-8,14H,9-11H2,1-2H3,(H,19,22). The number of carbonyl (C=O) groups is 1. The highest BCUT2D eigenvalue weighted by Crippen LogP contribution is 2.31. The molecule has 1 aromatic carbocycles. The molecule has 0 aliphatic carbocycles. The maximum Gasteiger partial charge on any atom is 0.274 e. The molecule has 7 nitrogen and oxygen atoms in total. The van der Waals surface area contributed by atoms with Gasteiger partial charge in [0.25, 0.3) is 11.5 Å². The van der Waals surface area contributed by atoms with Crippen LogP contribution in [0.15, 0.2) is 41.2 Å². The van der Waals surface area contributed by atoms with Crippen LogP contribution in [0.4, 0.5) is 0 Å². The number of amides is 1. The Morgan fingerprint density at radius 1 is 1.25 bits per heavy atom. The molecule has 0 bridgehead atoms. The molecule has 1 saturated heterocycles. The molecule has 1 aliphatic heterocycles. The minimum atomic E-state index is -0.322. The third-order valence-corrected chi connectivity index (χ3v) is 4.33. The molecule has 3 rings (SSSR count). The fourth-order valence-electron chi connectivity index (χ4n) is 2.96. The zero-order chi connectivity index (χ0) is 17.1. The largest absolute Gasteiger partial charge is 0.496 e. The van der Waals surface area contributed by atoms with Gasteiger partial charge < -0.3 is 9.64 Å². The van der Waals surface area contributed by atoms with Crippen LogP contribution in [-0.2, 0) is 0 Å². The summed E-state index contributed by atoms with van der Waals surface area (Å²) >= 11 is 0. The first kappa shape index (κ1) is 16.2. The fraction of sp³-hybridized carbons (Fsp3) is 0.353. The lowest BCUT2D eigenvalue weighted by Gasteiger charge is -2.39. The van der Waals surface area contributed by atoms with Crippen LogP contribution in [-0.4, -0.2) is 59.7 Å². The van der Waals surface area contributed by atoms with Crippen molar-refractivity contribution in [3.05, 3.63) is 58.0 Å². The van der Waals surface area contributed by atoms with Gasteiger partial charge in [0.2, 0.25) is 0 Å². The number of H-pyrrole nitrogens is 1. The van der Waals surface area contributed by atoms with E-state index in [0.717, 1.165) is 17.9 Å². The van der Waals surface area contributed by atoms with E-state index in [1.165, 1.54) is 12.1 Å². The number of piperazine rings is 1. The number of rotatable bonds is 3. The second-order valence-corrected chi connectivity index (χ2v) is 5.80. The molecule has 1 unspecified atom stereocenters. The summed E-state index contributed by atoms with van der Waals surface area (Å²) in [6, 6.07) is 10.7. The van der Waals surface area contributed by atoms with Crippen molar-refractivity contribution in [1.29, 1.82) is 0 Å². The first-order chi connectivity index (χ1) is 11.6. The molecule has 2 heterocycles. The summed E-state index contributed by atoms with van der Waals surface area (Å²) in [5.41, 5.74) is 0.976. The molecule has 0 saturated carbocycles. The van der Waals surface area contributed by atoms with Crippen LogP contribution in [0.3, 0.4) is 0 Å². The number of aromatic nitrogens is 2. The Morgan fingerprint density at radius 2 is 2.04 bits per heavy atom. The van der Waals surface area contributed by atoms with Crippen LogP contribution in [0, 0.1) is 0 Å². The number of benzene rings is 1. The van der Waals surface area contributed by atoms with Gasteiger partial charge in [-0.2, -0.15) is 5.10 Å². The summed E-state index contributed by atoms with van der Waals surface area (Å²) in [4.78, 5) is 27.7. The highest BCUT2D eigenvalue weighted by molar-refractivity contribution is 5.92. The molecule has 24 heavy (non-hydrogen) atoms. The minimum Gasteiger partial charge on any atom is -0.496 e. The van der Waals surface area contributed by atoms with Gasteiger partial charge in [-0.25, -0.2) is 5.10 Å². The summed E-state index contributed by atoms with van der Waals surface area (Å²) in [6.45, 7) is 1.90. The Hall–Kier alpha value is -2.67. The van der Waals surface area contributed by atoms with Crippen LogP contribution in [0.1, 0.15) is 22.1 Å². The van der Waals surface area contributed by atoms with Crippen molar-refractivity contribution < 1.29 is 9.53 Å². The number of hydrogen-bond acceptors (Lipinski definition) is 5. The second kappa shape index (κ2) is 6.84. The number of methoxy groups -OCH3 is 1. The summed E-state index contributed by atoms with van der Waals surface area (Å²) in [5.74, 6) is 0.630. The predicted molar refractivity (Wildman–Crippen MR) is 89.1 cm³/mol. The molecular formula is C17H20N4O3. The number of para-hydroxylation sites is 1. The Bertz CT molecular complexity index is 769. The van der Waals surface area contributed by atoms with Crippen molar-refractivity contribution in [2.75, 3.05) is 33.8 Å². The Balaban J connectivity index is 1.84. The van der Waals surface area contributed by atoms with E-state index in [2.05, 4.69) is 15.1 Å². The van der Waals surface area contributed by atoms with Gasteiger partial charge in [-0.15, -0.1) is 0 Å². The maximum absolute atomic E-state index is 12.6. The van der Waals surface area contributed by atoms with Gasteiger partial charge in [0.15, 0.2) is 0 Å². The van der Waals surface area contributed by atoms with Crippen LogP contribution >= 0.6 is 0 Å². The van der Waals surface area contributed by atoms with Gasteiger partial charge in [0.1, 0.15) is 11.4 Å². The van der Waals surface area contributed by atoms with Crippen molar-refractivity contribution in [3.8, 4) is 5.75 Å². The Morgan fingerprint density at radius 3 is 2.75 bits per heavy atom. The average Bonchev–Trinajstić information content (AvgIpc) is 2.62. The lowest BCUT2D eigenvalue weighted by Crippen LogP contribution is -2.49. The zero-order valence-corrected chi connectivity index (χ0v) is 13.7. The number of ether oxygens (including phenoxy) is 1. The molecule has 126 valence electrons. The third kappa shape index (κ3) is 3.16. The van der Waals surface area contributed by atoms with Crippen LogP contribution in [0.2, 0.25) is 0 Å². The first-order valence-corrected chi connectivity index (χ1v) is 7.78. The smallest absolute Gasteiger partial charge is 0.274 e. The molecule has 1 aliphatic rings. The molecular weight excluding hydrogens is 308 g/mol. The van der Waals surface area contributed by atoms with E-state index in [9.17, 15) is 9.59 Å². The molecule has 1 aromatic heterocycles. The minimum absolute atomic E-state index is 0.0432. The molecule has 7 heteroatoms. The SMILES string of the molecule is COc1ccccc1C1CN(C(=O)c2ccc(=O)[nH]n2)CCN1C. The average molecular weight is 328 g/mol. The topological polar surface area (TPSA) is 78.5 Å². The normalized spacial score (nSPS) is 18.4. The van der Waals surface area contributed by atoms with E-state index in [0.29, 0.717) is 13.1 Å². The second-order valence-electron chi connectivity index (χ2n) is 5.80. The highest BCUT2D eigenvalue weighted by atomic mass is 16.5. The van der Waals surface area contributed by atoms with E-state index in [-0.39, 0.29) is 23.2 Å². The van der Waals surface area contributed by atoms with E-state index >= 15 is 0 Å². The van der Waals surface area contributed by atoms with E-state index in [4.69, 9.17) is 4.74 Å². The van der Waals surface area contributed by atoms with E-state index < -0.39 is 0 Å². The summed E-state index contributed by atoms with van der Waals surface area (Å²) < 4.78 is 5.46. The molecule has 1 N–H and O–H groups in total. The number of aromatic amines is 1. The monoisotopic (exact) mass is 328 g/mol. The quantitative estimate of drug-likeness (QED) is 0.906. The van der Waals surface area contributed by atoms with Crippen LogP contribution in [0.25, 0.3) is 0 Å². The lowest BCUT2D eigenvalue weighted by molar-refractivity contribution is 0.0535. The summed E-state index contributed by atoms with van der Waals surface area (Å²) in [5, 5.41) is 6.14. The van der Waals surface area contributed by atoms with Crippen molar-refractivity contribution in [3.63, 3.8) is 0 Å². The number of nitrogens with one attached hydrogen (secondary N) is 1. The van der Waals surface area contributed by atoms with Crippen molar-refractivity contribution >= 4 is 5.91 Å². The highest BCUT2D eigenvalue weighted by Gasteiger charge is 2.31. The van der Waals surface area contributed by atoms with Gasteiger partial charge in [-0.1, -0.05) is 18.2 Å². The lowest BCUT2D eigenvalue weighted by atomic mass is 10.0. The van der Waals surface area contributed by atoms with Gasteiger partial charge in [0.05, 0.1) is 13.2 Å². The molecule has 1 amide bonds. The third-order valence-electron chi connectivity index (χ3n) is 4.33. The molecule has 0 spiro atoms. The van der Waals surface area contributed by atoms with Gasteiger partial charge in [-0.3, -0.25) is 14.5 Å². The van der Waals surface area contributed by atoms with E-state index in [1.807, 2.05) is 31.3 Å². The van der Waals surface area contributed by atoms with Gasteiger partial charge in [-0.05, 0) is 19.2 Å². The van der Waals surface area contributed by atoms with Crippen molar-refractivity contribution in [2.24, 2.45) is 0 Å². The van der Waals surface area contributed by atoms with Crippen LogP contribution in [0.5, 0.6) is 5.75 Å². The number of likely N-dealkylation sites (N-methyl/N-ethyl adjacent to an activating group) is 1. The van der Waals surface area contributed by atoms with Crippen LogP contribution < -0.4 is 10.3 Å². The first-order valence-electron chi connectivity index (χ1n) is 7.78. The van der Waals surface area contributed by atoms with E-state index in [1.54, 1.807) is 12.0 Å². The summed E-state index contributed by atoms with van der Waals surface area (Å²) in [7, 11) is 3.69. The molecule has 1 fully saturated rings. The molecule has 1 atom stereocenters. The summed E-state index contributed by atoms with van der Waals surface area (Å²) in [6.07, 6.45) is 0. The Kier molecular flexibility index (Phi) is 4.61. The van der Waals surface area contributed by atoms with Crippen molar-refractivity contribution in [2.45, 2.75) is 6.04 Å². The maximum atomic E-state index is 12.6. The number of hydrogen-bond donors (Lipinski definition) is 1. The predicted octanol–water partition coefficient (Wildman–Crippen LogP) is 0.907.